The van der Waals surface area contributed by atoms with Gasteiger partial charge in [-0.15, -0.1) is 0 Å². The normalized spacial score (nSPS) is 14.3. The van der Waals surface area contributed by atoms with Gasteiger partial charge >= 0.3 is 0 Å². The number of nitrogens with one attached hydrogen (secondary N) is 1. The van der Waals surface area contributed by atoms with Gasteiger partial charge in [-0.2, -0.15) is 0 Å². The Morgan fingerprint density at radius 3 is 2.53 bits per heavy atom. The van der Waals surface area contributed by atoms with E-state index in [1.165, 1.54) is 32.1 Å². The average Bonchev–Trinajstić information content (AvgIpc) is 2.81. The van der Waals surface area contributed by atoms with Crippen molar-refractivity contribution in [1.82, 2.24) is 9.88 Å². The molecule has 1 aromatic carbocycles. The van der Waals surface area contributed by atoms with Gasteiger partial charge in [0, 0.05) is 60.3 Å². The van der Waals surface area contributed by atoms with Crippen molar-refractivity contribution in [2.75, 3.05) is 25.2 Å². The lowest BCUT2D eigenvalue weighted by atomic mass is 9.93. The SMILES string of the molecule is CCN(c1cc(Cl)cc(C(=O)NCc2c(C)cc(C)n(CCOC)c2=O)c1C)C1CCCCC1. The fourth-order valence-corrected chi connectivity index (χ4v) is 5.34. The molecule has 1 saturated carbocycles. The minimum atomic E-state index is -0.219. The van der Waals surface area contributed by atoms with Crippen molar-refractivity contribution in [3.05, 3.63) is 61.5 Å². The van der Waals surface area contributed by atoms with E-state index in [1.807, 2.05) is 32.9 Å². The summed E-state index contributed by atoms with van der Waals surface area (Å²) < 4.78 is 6.84. The standard InChI is InChI=1S/C27H38ClN3O3/c1-6-30(22-10-8-7-9-11-22)25-16-21(28)15-23(20(25)4)26(32)29-17-24-18(2)14-19(3)31(27(24)33)12-13-34-5/h14-16,22H,6-13,17H2,1-5H3,(H,29,32). The number of carbonyl (C=O) groups excluding carboxylic acids is 1. The zero-order valence-electron chi connectivity index (χ0n) is 21.2. The molecule has 186 valence electrons. The second-order valence-electron chi connectivity index (χ2n) is 9.25. The predicted octanol–water partition coefficient (Wildman–Crippen LogP) is 5.16. The van der Waals surface area contributed by atoms with E-state index in [0.717, 1.165) is 29.1 Å². The molecule has 1 N–H and O–H groups in total. The highest BCUT2D eigenvalue weighted by Crippen LogP contribution is 2.33. The molecule has 2 aromatic rings. The van der Waals surface area contributed by atoms with Crippen molar-refractivity contribution < 1.29 is 9.53 Å². The maximum atomic E-state index is 13.3. The molecule has 0 bridgehead atoms. The first-order valence-electron chi connectivity index (χ1n) is 12.3. The number of benzene rings is 1. The number of carbonyl (C=O) groups is 1. The number of aromatic nitrogens is 1. The molecule has 1 aliphatic rings. The number of amides is 1. The van der Waals surface area contributed by atoms with Crippen LogP contribution in [0.15, 0.2) is 23.0 Å². The number of methoxy groups -OCH3 is 1. The minimum absolute atomic E-state index is 0.0900. The molecular weight excluding hydrogens is 450 g/mol. The average molecular weight is 488 g/mol. The molecule has 0 saturated heterocycles. The Labute approximate surface area is 208 Å². The molecule has 0 atom stereocenters. The van der Waals surface area contributed by atoms with E-state index in [4.69, 9.17) is 16.3 Å². The summed E-state index contributed by atoms with van der Waals surface area (Å²) >= 11 is 6.49. The van der Waals surface area contributed by atoms with Crippen LogP contribution in [-0.4, -0.2) is 36.8 Å². The summed E-state index contributed by atoms with van der Waals surface area (Å²) in [5.74, 6) is -0.219. The zero-order chi connectivity index (χ0) is 24.8. The van der Waals surface area contributed by atoms with Gasteiger partial charge in [-0.1, -0.05) is 30.9 Å². The number of hydrogen-bond donors (Lipinski definition) is 1. The Balaban J connectivity index is 1.85. The Bertz CT molecular complexity index is 1070. The van der Waals surface area contributed by atoms with Gasteiger partial charge in [-0.25, -0.2) is 0 Å². The van der Waals surface area contributed by atoms with Crippen molar-refractivity contribution in [2.45, 2.75) is 78.9 Å². The Morgan fingerprint density at radius 2 is 1.88 bits per heavy atom. The topological polar surface area (TPSA) is 63.6 Å². The maximum Gasteiger partial charge on any atom is 0.256 e. The predicted molar refractivity (Wildman–Crippen MR) is 139 cm³/mol. The van der Waals surface area contributed by atoms with E-state index in [9.17, 15) is 9.59 Å². The number of ether oxygens (including phenoxy) is 1. The molecule has 1 amide bonds. The number of aryl methyl sites for hydroxylation is 2. The van der Waals surface area contributed by atoms with Crippen LogP contribution in [0.2, 0.25) is 5.02 Å². The van der Waals surface area contributed by atoms with Crippen molar-refractivity contribution in [2.24, 2.45) is 0 Å². The molecule has 0 unspecified atom stereocenters. The molecule has 0 spiro atoms. The molecule has 0 aliphatic heterocycles. The number of hydrogen-bond acceptors (Lipinski definition) is 4. The Hall–Kier alpha value is -2.31. The summed E-state index contributed by atoms with van der Waals surface area (Å²) in [6, 6.07) is 6.16. The Morgan fingerprint density at radius 1 is 1.18 bits per heavy atom. The number of rotatable bonds is 9. The monoisotopic (exact) mass is 487 g/mol. The van der Waals surface area contributed by atoms with Crippen LogP contribution in [-0.2, 0) is 17.8 Å². The van der Waals surface area contributed by atoms with Gasteiger partial charge < -0.3 is 19.5 Å². The molecule has 1 fully saturated rings. The van der Waals surface area contributed by atoms with E-state index in [-0.39, 0.29) is 18.0 Å². The third-order valence-electron chi connectivity index (χ3n) is 7.03. The van der Waals surface area contributed by atoms with E-state index in [1.54, 1.807) is 17.7 Å². The van der Waals surface area contributed by atoms with Gasteiger partial charge in [0.2, 0.25) is 0 Å². The van der Waals surface area contributed by atoms with E-state index < -0.39 is 0 Å². The fourth-order valence-electron chi connectivity index (χ4n) is 5.13. The van der Waals surface area contributed by atoms with Crippen LogP contribution >= 0.6 is 11.6 Å². The largest absolute Gasteiger partial charge is 0.383 e. The number of nitrogens with zero attached hydrogens (tertiary/aromatic N) is 2. The zero-order valence-corrected chi connectivity index (χ0v) is 21.9. The molecule has 7 heteroatoms. The van der Waals surface area contributed by atoms with Crippen molar-refractivity contribution in [3.63, 3.8) is 0 Å². The van der Waals surface area contributed by atoms with Crippen LogP contribution in [0, 0.1) is 20.8 Å². The molecule has 1 heterocycles. The van der Waals surface area contributed by atoms with E-state index >= 15 is 0 Å². The quantitative estimate of drug-likeness (QED) is 0.530. The van der Waals surface area contributed by atoms with Crippen molar-refractivity contribution in [3.8, 4) is 0 Å². The highest BCUT2D eigenvalue weighted by atomic mass is 35.5. The van der Waals surface area contributed by atoms with Gasteiger partial charge in [0.25, 0.3) is 11.5 Å². The molecule has 6 nitrogen and oxygen atoms in total. The van der Waals surface area contributed by atoms with Gasteiger partial charge in [0.15, 0.2) is 0 Å². The highest BCUT2D eigenvalue weighted by Gasteiger charge is 2.24. The van der Waals surface area contributed by atoms with E-state index in [0.29, 0.717) is 35.3 Å². The third kappa shape index (κ3) is 5.84. The lowest BCUT2D eigenvalue weighted by Crippen LogP contribution is -2.37. The molecular formula is C27H38ClN3O3. The first kappa shape index (κ1) is 26.3. The second kappa shape index (κ2) is 11.9. The summed E-state index contributed by atoms with van der Waals surface area (Å²) in [6.45, 7) is 9.93. The molecule has 1 aromatic heterocycles. The van der Waals surface area contributed by atoms with Crippen LogP contribution < -0.4 is 15.8 Å². The van der Waals surface area contributed by atoms with Gasteiger partial charge in [0.05, 0.1) is 6.61 Å². The Kier molecular flexibility index (Phi) is 9.20. The van der Waals surface area contributed by atoms with Crippen molar-refractivity contribution >= 4 is 23.2 Å². The van der Waals surface area contributed by atoms with Crippen LogP contribution in [0.3, 0.4) is 0 Å². The first-order chi connectivity index (χ1) is 16.3. The van der Waals surface area contributed by atoms with Crippen LogP contribution in [0.5, 0.6) is 0 Å². The number of anilines is 1. The van der Waals surface area contributed by atoms with Crippen LogP contribution in [0.1, 0.15) is 71.8 Å². The van der Waals surface area contributed by atoms with Crippen molar-refractivity contribution in [1.29, 1.82) is 0 Å². The third-order valence-corrected chi connectivity index (χ3v) is 7.25. The number of pyridine rings is 1. The minimum Gasteiger partial charge on any atom is -0.383 e. The molecule has 3 rings (SSSR count). The smallest absolute Gasteiger partial charge is 0.256 e. The molecule has 0 radical (unpaired) electrons. The summed E-state index contributed by atoms with van der Waals surface area (Å²) in [5.41, 5.74) is 4.76. The summed E-state index contributed by atoms with van der Waals surface area (Å²) in [6.07, 6.45) is 6.12. The van der Waals surface area contributed by atoms with E-state index in [2.05, 4.69) is 17.1 Å². The highest BCUT2D eigenvalue weighted by molar-refractivity contribution is 6.31. The maximum absolute atomic E-state index is 13.3. The lowest BCUT2D eigenvalue weighted by molar-refractivity contribution is 0.0950. The fraction of sp³-hybridized carbons (Fsp3) is 0.556. The summed E-state index contributed by atoms with van der Waals surface area (Å²) in [5, 5.41) is 3.52. The molecule has 34 heavy (non-hydrogen) atoms. The lowest BCUT2D eigenvalue weighted by Gasteiger charge is -2.36. The molecule has 1 aliphatic carbocycles. The summed E-state index contributed by atoms with van der Waals surface area (Å²) in [4.78, 5) is 28.7. The summed E-state index contributed by atoms with van der Waals surface area (Å²) in [7, 11) is 1.62. The second-order valence-corrected chi connectivity index (χ2v) is 9.69. The van der Waals surface area contributed by atoms with Gasteiger partial charge in [0.1, 0.15) is 0 Å². The van der Waals surface area contributed by atoms with Gasteiger partial charge in [-0.05, 0) is 69.9 Å². The van der Waals surface area contributed by atoms with Gasteiger partial charge in [-0.3, -0.25) is 9.59 Å². The number of halogens is 1. The first-order valence-corrected chi connectivity index (χ1v) is 12.7. The van der Waals surface area contributed by atoms with Crippen LogP contribution in [0.4, 0.5) is 5.69 Å². The van der Waals surface area contributed by atoms with Crippen LogP contribution in [0.25, 0.3) is 0 Å².